The van der Waals surface area contributed by atoms with Crippen molar-refractivity contribution >= 4 is 11.9 Å². The third kappa shape index (κ3) is 4.97. The summed E-state index contributed by atoms with van der Waals surface area (Å²) < 4.78 is 0. The maximum Gasteiger partial charge on any atom is 0.332 e. The van der Waals surface area contributed by atoms with E-state index in [1.165, 1.54) is 6.92 Å². The molecule has 0 bridgehead atoms. The second-order valence-electron chi connectivity index (χ2n) is 2.51. The van der Waals surface area contributed by atoms with Gasteiger partial charge < -0.3 is 15.5 Å². The third-order valence-corrected chi connectivity index (χ3v) is 1.29. The van der Waals surface area contributed by atoms with E-state index >= 15 is 0 Å². The average molecular weight is 197 g/mol. The highest BCUT2D eigenvalue weighted by molar-refractivity contribution is 5.79. The summed E-state index contributed by atoms with van der Waals surface area (Å²) in [5, 5.41) is 3.44. The number of carbonyl (C=O) groups is 1. The molecule has 78 valence electrons. The number of hydrogen-bond acceptors (Lipinski definition) is 3. The lowest BCUT2D eigenvalue weighted by atomic mass is 10.5. The van der Waals surface area contributed by atoms with Gasteiger partial charge in [-0.3, -0.25) is 0 Å². The normalized spacial score (nSPS) is 10.5. The van der Waals surface area contributed by atoms with E-state index in [0.29, 0.717) is 13.1 Å². The zero-order chi connectivity index (χ0) is 11.0. The fourth-order valence-corrected chi connectivity index (χ4v) is 0.742. The van der Waals surface area contributed by atoms with Crippen LogP contribution in [0.4, 0.5) is 0 Å². The number of hydrogen-bond donors (Lipinski definition) is 1. The minimum atomic E-state index is -0.509. The molecule has 0 aromatic rings. The van der Waals surface area contributed by atoms with Crippen molar-refractivity contribution in [3.05, 3.63) is 25.3 Å². The molecule has 0 aromatic heterocycles. The van der Waals surface area contributed by atoms with Crippen LogP contribution in [0.1, 0.15) is 6.92 Å². The molecule has 0 aromatic carbocycles. The molecule has 0 aliphatic heterocycles. The van der Waals surface area contributed by atoms with Crippen molar-refractivity contribution in [2.75, 3.05) is 13.1 Å². The molecular formula is C9H15N3O2. The fraction of sp³-hybridized carbons (Fsp3) is 0.333. The fourth-order valence-electron chi connectivity index (χ4n) is 0.742. The number of nitrogens with zero attached hydrogens (tertiary/aromatic N) is 2. The molecule has 0 fully saturated rings. The van der Waals surface area contributed by atoms with Gasteiger partial charge in [-0.15, -0.1) is 13.2 Å². The van der Waals surface area contributed by atoms with Crippen LogP contribution in [0.3, 0.4) is 0 Å². The summed E-state index contributed by atoms with van der Waals surface area (Å²) in [6, 6.07) is 0. The van der Waals surface area contributed by atoms with Crippen LogP contribution < -0.4 is 5.73 Å². The van der Waals surface area contributed by atoms with Crippen molar-refractivity contribution in [3.8, 4) is 0 Å². The molecule has 14 heavy (non-hydrogen) atoms. The van der Waals surface area contributed by atoms with Gasteiger partial charge in [0.2, 0.25) is 5.96 Å². The SMILES string of the molecule is C=CCN(CC=C)/C(N)=N/OC(C)=O. The molecule has 0 heterocycles. The molecule has 5 heteroatoms. The summed E-state index contributed by atoms with van der Waals surface area (Å²) in [7, 11) is 0. The highest BCUT2D eigenvalue weighted by Gasteiger charge is 2.04. The Bertz CT molecular complexity index is 238. The molecule has 0 rings (SSSR count). The van der Waals surface area contributed by atoms with Gasteiger partial charge in [0.05, 0.1) is 0 Å². The largest absolute Gasteiger partial charge is 0.367 e. The van der Waals surface area contributed by atoms with E-state index in [1.54, 1.807) is 17.1 Å². The van der Waals surface area contributed by atoms with Crippen LogP contribution in [-0.4, -0.2) is 29.9 Å². The lowest BCUT2D eigenvalue weighted by Crippen LogP contribution is -2.37. The predicted octanol–water partition coefficient (Wildman–Crippen LogP) is 0.453. The minimum absolute atomic E-state index is 0.125. The van der Waals surface area contributed by atoms with E-state index in [4.69, 9.17) is 5.73 Å². The topological polar surface area (TPSA) is 67.9 Å². The molecule has 5 nitrogen and oxygen atoms in total. The van der Waals surface area contributed by atoms with Gasteiger partial charge >= 0.3 is 5.97 Å². The van der Waals surface area contributed by atoms with Crippen LogP contribution >= 0.6 is 0 Å². The van der Waals surface area contributed by atoms with E-state index < -0.39 is 5.97 Å². The summed E-state index contributed by atoms with van der Waals surface area (Å²) in [6.45, 7) is 9.42. The van der Waals surface area contributed by atoms with E-state index in [2.05, 4.69) is 23.2 Å². The monoisotopic (exact) mass is 197 g/mol. The highest BCUT2D eigenvalue weighted by atomic mass is 16.7. The number of oxime groups is 1. The minimum Gasteiger partial charge on any atom is -0.367 e. The van der Waals surface area contributed by atoms with Crippen molar-refractivity contribution in [3.63, 3.8) is 0 Å². The standard InChI is InChI=1S/C9H15N3O2/c1-4-6-12(7-5-2)9(10)11-14-8(3)13/h4-5H,1-2,6-7H2,3H3,(H2,10,11). The summed E-state index contributed by atoms with van der Waals surface area (Å²) in [4.78, 5) is 16.5. The third-order valence-electron chi connectivity index (χ3n) is 1.29. The van der Waals surface area contributed by atoms with E-state index in [0.717, 1.165) is 0 Å². The van der Waals surface area contributed by atoms with Gasteiger partial charge in [-0.05, 0) is 5.16 Å². The van der Waals surface area contributed by atoms with Crippen molar-refractivity contribution in [1.82, 2.24) is 4.90 Å². The molecule has 0 saturated heterocycles. The zero-order valence-corrected chi connectivity index (χ0v) is 8.27. The van der Waals surface area contributed by atoms with Gasteiger partial charge in [0.25, 0.3) is 0 Å². The van der Waals surface area contributed by atoms with Gasteiger partial charge in [0.1, 0.15) is 0 Å². The zero-order valence-electron chi connectivity index (χ0n) is 8.27. The van der Waals surface area contributed by atoms with Crippen molar-refractivity contribution in [1.29, 1.82) is 0 Å². The Labute approximate surface area is 83.5 Å². The van der Waals surface area contributed by atoms with Gasteiger partial charge in [-0.1, -0.05) is 12.2 Å². The Hall–Kier alpha value is -1.78. The number of rotatable bonds is 5. The Morgan fingerprint density at radius 2 is 2.00 bits per heavy atom. The lowest BCUT2D eigenvalue weighted by molar-refractivity contribution is -0.141. The first-order valence-corrected chi connectivity index (χ1v) is 4.09. The Balaban J connectivity index is 4.31. The Morgan fingerprint density at radius 3 is 2.36 bits per heavy atom. The maximum absolute atomic E-state index is 10.4. The van der Waals surface area contributed by atoms with E-state index in [-0.39, 0.29) is 5.96 Å². The summed E-state index contributed by atoms with van der Waals surface area (Å²) >= 11 is 0. The quantitative estimate of drug-likeness (QED) is 0.228. The lowest BCUT2D eigenvalue weighted by Gasteiger charge is -2.18. The van der Waals surface area contributed by atoms with Crippen molar-refractivity contribution in [2.24, 2.45) is 10.9 Å². The smallest absolute Gasteiger partial charge is 0.332 e. The van der Waals surface area contributed by atoms with Crippen LogP contribution in [0.25, 0.3) is 0 Å². The van der Waals surface area contributed by atoms with Gasteiger partial charge in [-0.2, -0.15) is 0 Å². The van der Waals surface area contributed by atoms with Crippen LogP contribution in [0.5, 0.6) is 0 Å². The molecule has 2 N–H and O–H groups in total. The molecule has 0 saturated carbocycles. The Morgan fingerprint density at radius 1 is 1.50 bits per heavy atom. The van der Waals surface area contributed by atoms with Crippen LogP contribution in [-0.2, 0) is 9.63 Å². The molecule has 0 spiro atoms. The number of carbonyl (C=O) groups excluding carboxylic acids is 1. The predicted molar refractivity (Wildman–Crippen MR) is 55.4 cm³/mol. The summed E-state index contributed by atoms with van der Waals surface area (Å²) in [6.07, 6.45) is 3.33. The van der Waals surface area contributed by atoms with Crippen LogP contribution in [0.15, 0.2) is 30.5 Å². The first kappa shape index (κ1) is 12.2. The first-order chi connectivity index (χ1) is 6.61. The molecule has 0 atom stereocenters. The van der Waals surface area contributed by atoms with E-state index in [9.17, 15) is 4.79 Å². The van der Waals surface area contributed by atoms with Crippen molar-refractivity contribution in [2.45, 2.75) is 6.92 Å². The molecule has 0 amide bonds. The average Bonchev–Trinajstić information content (AvgIpc) is 2.14. The van der Waals surface area contributed by atoms with E-state index in [1.807, 2.05) is 0 Å². The number of nitrogens with two attached hydrogens (primary N) is 1. The molecule has 0 aliphatic rings. The summed E-state index contributed by atoms with van der Waals surface area (Å²) in [5.41, 5.74) is 5.54. The number of guanidine groups is 1. The second-order valence-corrected chi connectivity index (χ2v) is 2.51. The molecule has 0 aliphatic carbocycles. The summed E-state index contributed by atoms with van der Waals surface area (Å²) in [5.74, 6) is -0.384. The molecular weight excluding hydrogens is 182 g/mol. The van der Waals surface area contributed by atoms with Crippen LogP contribution in [0, 0.1) is 0 Å². The molecule has 0 unspecified atom stereocenters. The van der Waals surface area contributed by atoms with Gasteiger partial charge in [-0.25, -0.2) is 4.79 Å². The molecule has 0 radical (unpaired) electrons. The van der Waals surface area contributed by atoms with Crippen LogP contribution in [0.2, 0.25) is 0 Å². The second kappa shape index (κ2) is 6.71. The highest BCUT2D eigenvalue weighted by Crippen LogP contribution is 1.90. The first-order valence-electron chi connectivity index (χ1n) is 4.09. The van der Waals surface area contributed by atoms with Gasteiger partial charge in [0, 0.05) is 20.0 Å². The van der Waals surface area contributed by atoms with Gasteiger partial charge in [0.15, 0.2) is 0 Å². The Kier molecular flexibility index (Phi) is 5.85. The van der Waals surface area contributed by atoms with Crippen molar-refractivity contribution < 1.29 is 9.63 Å². The maximum atomic E-state index is 10.4.